The van der Waals surface area contributed by atoms with Crippen molar-refractivity contribution in [2.24, 2.45) is 5.92 Å². The number of rotatable bonds is 4. The van der Waals surface area contributed by atoms with Gasteiger partial charge in [-0.1, -0.05) is 29.8 Å². The zero-order chi connectivity index (χ0) is 16.1. The first-order valence-electron chi connectivity index (χ1n) is 7.54. The first-order valence-corrected chi connectivity index (χ1v) is 7.54. The van der Waals surface area contributed by atoms with Gasteiger partial charge in [0.05, 0.1) is 19.6 Å². The molecule has 2 rings (SSSR count). The van der Waals surface area contributed by atoms with Crippen LogP contribution in [0.15, 0.2) is 24.3 Å². The lowest BCUT2D eigenvalue weighted by Gasteiger charge is -2.30. The number of carbonyl (C=O) groups is 3. The van der Waals surface area contributed by atoms with Crippen molar-refractivity contribution in [3.63, 3.8) is 0 Å². The number of likely N-dealkylation sites (tertiary alicyclic amines) is 1. The zero-order valence-electron chi connectivity index (χ0n) is 13.0. The highest BCUT2D eigenvalue weighted by molar-refractivity contribution is 6.02. The largest absolute Gasteiger partial charge is 0.465 e. The van der Waals surface area contributed by atoms with Crippen LogP contribution in [0.3, 0.4) is 0 Å². The number of hydrogen-bond acceptors (Lipinski definition) is 4. The number of esters is 1. The molecule has 1 saturated heterocycles. The molecule has 1 aliphatic heterocycles. The van der Waals surface area contributed by atoms with E-state index >= 15 is 0 Å². The van der Waals surface area contributed by atoms with Crippen LogP contribution in [-0.2, 0) is 25.5 Å². The average Bonchev–Trinajstić information content (AvgIpc) is 2.47. The summed E-state index contributed by atoms with van der Waals surface area (Å²) in [6.45, 7) is 4.36. The number of Topliss-reactive ketones (excluding diaryl/α,β-unsaturated/α-hetero) is 1. The molecule has 0 spiro atoms. The van der Waals surface area contributed by atoms with E-state index in [-0.39, 0.29) is 31.3 Å². The molecule has 0 aromatic heterocycles. The Bertz CT molecular complexity index is 582. The number of ether oxygens (including phenoxy) is 1. The van der Waals surface area contributed by atoms with Crippen LogP contribution < -0.4 is 0 Å². The maximum Gasteiger partial charge on any atom is 0.316 e. The van der Waals surface area contributed by atoms with Gasteiger partial charge in [0.25, 0.3) is 0 Å². The minimum Gasteiger partial charge on any atom is -0.465 e. The average molecular weight is 303 g/mol. The fourth-order valence-electron chi connectivity index (χ4n) is 2.64. The van der Waals surface area contributed by atoms with Crippen LogP contribution in [-0.4, -0.2) is 42.3 Å². The van der Waals surface area contributed by atoms with Gasteiger partial charge in [0, 0.05) is 6.54 Å². The van der Waals surface area contributed by atoms with Gasteiger partial charge in [-0.25, -0.2) is 0 Å². The number of nitrogens with zero attached hydrogens (tertiary/aromatic N) is 1. The Hall–Kier alpha value is -2.17. The molecular weight excluding hydrogens is 282 g/mol. The lowest BCUT2D eigenvalue weighted by atomic mass is 9.95. The number of hydrogen-bond donors (Lipinski definition) is 0. The Balaban J connectivity index is 1.94. The van der Waals surface area contributed by atoms with Crippen LogP contribution in [0, 0.1) is 12.8 Å². The van der Waals surface area contributed by atoms with E-state index in [0.717, 1.165) is 11.1 Å². The highest BCUT2D eigenvalue weighted by Crippen LogP contribution is 2.17. The summed E-state index contributed by atoms with van der Waals surface area (Å²) in [7, 11) is 0. The number of piperidine rings is 1. The van der Waals surface area contributed by atoms with Gasteiger partial charge in [-0.05, 0) is 25.8 Å². The number of amides is 1. The first-order chi connectivity index (χ1) is 10.5. The van der Waals surface area contributed by atoms with Crippen molar-refractivity contribution >= 4 is 17.7 Å². The molecule has 0 saturated carbocycles. The maximum atomic E-state index is 12.3. The number of aryl methyl sites for hydroxylation is 1. The van der Waals surface area contributed by atoms with Gasteiger partial charge in [-0.15, -0.1) is 0 Å². The van der Waals surface area contributed by atoms with Crippen molar-refractivity contribution in [2.45, 2.75) is 26.7 Å². The third kappa shape index (κ3) is 3.93. The Kier molecular flexibility index (Phi) is 5.31. The summed E-state index contributed by atoms with van der Waals surface area (Å²) >= 11 is 0. The van der Waals surface area contributed by atoms with E-state index in [1.807, 2.05) is 31.2 Å². The monoisotopic (exact) mass is 303 g/mol. The van der Waals surface area contributed by atoms with Crippen molar-refractivity contribution in [2.75, 3.05) is 19.7 Å². The van der Waals surface area contributed by atoms with Crippen LogP contribution in [0.1, 0.15) is 24.5 Å². The third-order valence-corrected chi connectivity index (χ3v) is 3.78. The molecule has 5 nitrogen and oxygen atoms in total. The predicted octanol–water partition coefficient (Wildman–Crippen LogP) is 1.52. The molecule has 118 valence electrons. The van der Waals surface area contributed by atoms with Crippen LogP contribution in [0.5, 0.6) is 0 Å². The van der Waals surface area contributed by atoms with E-state index < -0.39 is 11.9 Å². The van der Waals surface area contributed by atoms with Gasteiger partial charge in [0.2, 0.25) is 5.91 Å². The summed E-state index contributed by atoms with van der Waals surface area (Å²) in [6, 6.07) is 7.75. The van der Waals surface area contributed by atoms with Gasteiger partial charge >= 0.3 is 5.97 Å². The summed E-state index contributed by atoms with van der Waals surface area (Å²) in [5.41, 5.74) is 2.03. The molecule has 1 amide bonds. The minimum atomic E-state index is -0.719. The molecular formula is C17H21NO4. The summed E-state index contributed by atoms with van der Waals surface area (Å²) in [6.07, 6.45) is 0.621. The maximum absolute atomic E-state index is 12.3. The van der Waals surface area contributed by atoms with Gasteiger partial charge in [-0.3, -0.25) is 14.4 Å². The molecule has 1 atom stereocenters. The number of benzene rings is 1. The van der Waals surface area contributed by atoms with Crippen molar-refractivity contribution < 1.29 is 19.1 Å². The predicted molar refractivity (Wildman–Crippen MR) is 81.2 cm³/mol. The SMILES string of the molecule is CCOC(=O)C1CCN(C(=O)Cc2cccc(C)c2)CC1=O. The minimum absolute atomic E-state index is 0.00582. The topological polar surface area (TPSA) is 63.7 Å². The zero-order valence-corrected chi connectivity index (χ0v) is 13.0. The van der Waals surface area contributed by atoms with Gasteiger partial charge < -0.3 is 9.64 Å². The summed E-state index contributed by atoms with van der Waals surface area (Å²) in [5.74, 6) is -1.51. The highest BCUT2D eigenvalue weighted by Gasteiger charge is 2.35. The van der Waals surface area contributed by atoms with Crippen molar-refractivity contribution in [3.05, 3.63) is 35.4 Å². The lowest BCUT2D eigenvalue weighted by Crippen LogP contribution is -2.47. The summed E-state index contributed by atoms with van der Waals surface area (Å²) in [4.78, 5) is 37.5. The second kappa shape index (κ2) is 7.20. The second-order valence-electron chi connectivity index (χ2n) is 5.54. The summed E-state index contributed by atoms with van der Waals surface area (Å²) in [5, 5.41) is 0. The van der Waals surface area contributed by atoms with Crippen LogP contribution in [0.4, 0.5) is 0 Å². The molecule has 1 aromatic carbocycles. The van der Waals surface area contributed by atoms with E-state index in [2.05, 4.69) is 0 Å². The first kappa shape index (κ1) is 16.2. The van der Waals surface area contributed by atoms with Gasteiger partial charge in [-0.2, -0.15) is 0 Å². The molecule has 1 aromatic rings. The van der Waals surface area contributed by atoms with Crippen LogP contribution in [0.25, 0.3) is 0 Å². The molecule has 5 heteroatoms. The van der Waals surface area contributed by atoms with E-state index in [0.29, 0.717) is 13.0 Å². The molecule has 0 N–H and O–H groups in total. The molecule has 22 heavy (non-hydrogen) atoms. The van der Waals surface area contributed by atoms with Crippen LogP contribution in [0.2, 0.25) is 0 Å². The Labute approximate surface area is 130 Å². The summed E-state index contributed by atoms with van der Waals surface area (Å²) < 4.78 is 4.89. The lowest BCUT2D eigenvalue weighted by molar-refractivity contribution is -0.155. The van der Waals surface area contributed by atoms with Crippen molar-refractivity contribution in [3.8, 4) is 0 Å². The molecule has 1 heterocycles. The van der Waals surface area contributed by atoms with Crippen molar-refractivity contribution in [1.29, 1.82) is 0 Å². The van der Waals surface area contributed by atoms with Crippen molar-refractivity contribution in [1.82, 2.24) is 4.90 Å². The number of ketones is 1. The molecule has 1 unspecified atom stereocenters. The molecule has 0 aliphatic carbocycles. The molecule has 1 fully saturated rings. The van der Waals surface area contributed by atoms with E-state index in [9.17, 15) is 14.4 Å². The van der Waals surface area contributed by atoms with E-state index in [1.165, 1.54) is 4.90 Å². The quantitative estimate of drug-likeness (QED) is 0.625. The normalized spacial score (nSPS) is 18.2. The Morgan fingerprint density at radius 3 is 2.77 bits per heavy atom. The second-order valence-corrected chi connectivity index (χ2v) is 5.54. The van der Waals surface area contributed by atoms with Gasteiger partial charge in [0.1, 0.15) is 5.92 Å². The number of carbonyl (C=O) groups excluding carboxylic acids is 3. The fraction of sp³-hybridized carbons (Fsp3) is 0.471. The Morgan fingerprint density at radius 2 is 2.14 bits per heavy atom. The molecule has 0 bridgehead atoms. The van der Waals surface area contributed by atoms with Crippen LogP contribution >= 0.6 is 0 Å². The third-order valence-electron chi connectivity index (χ3n) is 3.78. The molecule has 1 aliphatic rings. The smallest absolute Gasteiger partial charge is 0.316 e. The standard InChI is InChI=1S/C17H21NO4/c1-3-22-17(21)14-7-8-18(11-15(14)19)16(20)10-13-6-4-5-12(2)9-13/h4-6,9,14H,3,7-8,10-11H2,1-2H3. The van der Waals surface area contributed by atoms with Gasteiger partial charge in [0.15, 0.2) is 5.78 Å². The Morgan fingerprint density at radius 1 is 1.36 bits per heavy atom. The van der Waals surface area contributed by atoms with E-state index in [4.69, 9.17) is 4.74 Å². The highest BCUT2D eigenvalue weighted by atomic mass is 16.5. The molecule has 0 radical (unpaired) electrons. The van der Waals surface area contributed by atoms with E-state index in [1.54, 1.807) is 6.92 Å². The fourth-order valence-corrected chi connectivity index (χ4v) is 2.64.